The maximum Gasteiger partial charge on any atom is 0.255 e. The molecule has 0 unspecified atom stereocenters. The molecule has 18 heavy (non-hydrogen) atoms. The second kappa shape index (κ2) is 5.97. The Hall–Kier alpha value is -1.40. The van der Waals surface area contributed by atoms with Gasteiger partial charge in [-0.3, -0.25) is 4.79 Å². The van der Waals surface area contributed by atoms with Gasteiger partial charge in [0.1, 0.15) is 0 Å². The Morgan fingerprint density at radius 2 is 1.78 bits per heavy atom. The zero-order valence-corrected chi connectivity index (χ0v) is 11.8. The Kier molecular flexibility index (Phi) is 4.33. The molecule has 2 aromatic rings. The minimum absolute atomic E-state index is 0.118. The second-order valence-corrected chi connectivity index (χ2v) is 5.07. The minimum Gasteiger partial charge on any atom is -0.326 e. The topological polar surface area (TPSA) is 55.1 Å². The van der Waals surface area contributed by atoms with Crippen molar-refractivity contribution in [2.45, 2.75) is 6.54 Å². The van der Waals surface area contributed by atoms with Crippen LogP contribution in [0.2, 0.25) is 0 Å². The fourth-order valence-electron chi connectivity index (χ4n) is 1.62. The molecule has 4 heteroatoms. The van der Waals surface area contributed by atoms with Crippen LogP contribution in [-0.4, -0.2) is 5.91 Å². The number of hydrogen-bond donors (Lipinski definition) is 2. The summed E-state index contributed by atoms with van der Waals surface area (Å²) in [6.45, 7) is 0.406. The summed E-state index contributed by atoms with van der Waals surface area (Å²) in [5.41, 5.74) is 7.97. The average Bonchev–Trinajstić information content (AvgIpc) is 2.40. The Balaban J connectivity index is 2.18. The fraction of sp³-hybridized carbons (Fsp3) is 0.0714. The van der Waals surface area contributed by atoms with Crippen LogP contribution in [0.5, 0.6) is 0 Å². The van der Waals surface area contributed by atoms with E-state index in [9.17, 15) is 4.79 Å². The molecule has 0 aliphatic carbocycles. The minimum atomic E-state index is -0.118. The first kappa shape index (κ1) is 13.0. The van der Waals surface area contributed by atoms with Crippen LogP contribution < -0.4 is 11.1 Å². The third-order valence-corrected chi connectivity index (χ3v) is 3.31. The van der Waals surface area contributed by atoms with Crippen molar-refractivity contribution in [1.29, 1.82) is 0 Å². The number of carbonyl (C=O) groups is 1. The summed E-state index contributed by atoms with van der Waals surface area (Å²) in [5, 5.41) is 2.88. The quantitative estimate of drug-likeness (QED) is 0.835. The highest BCUT2D eigenvalue weighted by Gasteiger charge is 2.07. The smallest absolute Gasteiger partial charge is 0.255 e. The molecule has 2 rings (SSSR count). The molecule has 0 saturated carbocycles. The normalized spacial score (nSPS) is 10.1. The zero-order chi connectivity index (χ0) is 13.0. The molecule has 0 aliphatic heterocycles. The van der Waals surface area contributed by atoms with Crippen LogP contribution in [0.4, 0.5) is 5.69 Å². The van der Waals surface area contributed by atoms with Crippen molar-refractivity contribution >= 4 is 34.2 Å². The number of hydrogen-bond acceptors (Lipinski definition) is 2. The summed E-state index contributed by atoms with van der Waals surface area (Å²) in [7, 11) is 0. The van der Waals surface area contributed by atoms with Crippen LogP contribution in [0.1, 0.15) is 15.9 Å². The van der Waals surface area contributed by atoms with E-state index in [-0.39, 0.29) is 5.91 Å². The molecule has 0 atom stereocenters. The van der Waals surface area contributed by atoms with Crippen molar-refractivity contribution in [3.8, 4) is 0 Å². The number of nitrogens with one attached hydrogen (secondary N) is 1. The van der Waals surface area contributed by atoms with Crippen molar-refractivity contribution in [3.05, 3.63) is 63.2 Å². The van der Waals surface area contributed by atoms with E-state index in [1.807, 2.05) is 48.5 Å². The number of rotatable bonds is 3. The van der Waals surface area contributed by atoms with Gasteiger partial charge < -0.3 is 11.1 Å². The van der Waals surface area contributed by atoms with E-state index in [4.69, 9.17) is 5.73 Å². The third-order valence-electron chi connectivity index (χ3n) is 2.59. The summed E-state index contributed by atoms with van der Waals surface area (Å²) in [4.78, 5) is 12.0. The van der Waals surface area contributed by atoms with Crippen LogP contribution in [0.15, 0.2) is 48.5 Å². The highest BCUT2D eigenvalue weighted by atomic mass is 127. The van der Waals surface area contributed by atoms with E-state index in [2.05, 4.69) is 27.9 Å². The predicted octanol–water partition coefficient (Wildman–Crippen LogP) is 3.00. The SMILES string of the molecule is NCc1ccccc1NC(=O)c1ccc(I)cc1. The lowest BCUT2D eigenvalue weighted by molar-refractivity contribution is 0.102. The van der Waals surface area contributed by atoms with Crippen LogP contribution in [0, 0.1) is 3.57 Å². The third kappa shape index (κ3) is 3.08. The maximum absolute atomic E-state index is 12.0. The van der Waals surface area contributed by atoms with Gasteiger partial charge in [-0.15, -0.1) is 0 Å². The molecular weight excluding hydrogens is 339 g/mol. The maximum atomic E-state index is 12.0. The first-order valence-corrected chi connectivity index (χ1v) is 6.63. The van der Waals surface area contributed by atoms with Gasteiger partial charge in [0.05, 0.1) is 0 Å². The number of nitrogens with two attached hydrogens (primary N) is 1. The van der Waals surface area contributed by atoms with E-state index in [1.165, 1.54) is 0 Å². The molecule has 0 saturated heterocycles. The van der Waals surface area contributed by atoms with Crippen LogP contribution in [0.3, 0.4) is 0 Å². The molecule has 0 radical (unpaired) electrons. The van der Waals surface area contributed by atoms with Gasteiger partial charge >= 0.3 is 0 Å². The zero-order valence-electron chi connectivity index (χ0n) is 9.69. The number of anilines is 1. The standard InChI is InChI=1S/C14H13IN2O/c15-12-7-5-10(6-8-12)14(18)17-13-4-2-1-3-11(13)9-16/h1-8H,9,16H2,(H,17,18). The van der Waals surface area contributed by atoms with Gasteiger partial charge in [0.15, 0.2) is 0 Å². The highest BCUT2D eigenvalue weighted by molar-refractivity contribution is 14.1. The molecule has 1 amide bonds. The molecule has 92 valence electrons. The molecule has 0 bridgehead atoms. The number of amides is 1. The largest absolute Gasteiger partial charge is 0.326 e. The first-order valence-electron chi connectivity index (χ1n) is 5.55. The Morgan fingerprint density at radius 3 is 2.44 bits per heavy atom. The molecule has 3 N–H and O–H groups in total. The highest BCUT2D eigenvalue weighted by Crippen LogP contribution is 2.16. The van der Waals surface area contributed by atoms with E-state index in [0.717, 1.165) is 14.8 Å². The molecule has 2 aromatic carbocycles. The van der Waals surface area contributed by atoms with Gasteiger partial charge in [0.2, 0.25) is 0 Å². The second-order valence-electron chi connectivity index (χ2n) is 3.82. The first-order chi connectivity index (χ1) is 8.70. The van der Waals surface area contributed by atoms with Gasteiger partial charge in [0, 0.05) is 21.4 Å². The van der Waals surface area contributed by atoms with Crippen LogP contribution in [-0.2, 0) is 6.54 Å². The van der Waals surface area contributed by atoms with Crippen molar-refractivity contribution in [2.75, 3.05) is 5.32 Å². The van der Waals surface area contributed by atoms with Gasteiger partial charge in [-0.25, -0.2) is 0 Å². The van der Waals surface area contributed by atoms with Crippen LogP contribution in [0.25, 0.3) is 0 Å². The van der Waals surface area contributed by atoms with Gasteiger partial charge in [0.25, 0.3) is 5.91 Å². The average molecular weight is 352 g/mol. The predicted molar refractivity (Wildman–Crippen MR) is 81.4 cm³/mol. The molecule has 0 fully saturated rings. The molecule has 3 nitrogen and oxygen atoms in total. The Labute approximate surface area is 120 Å². The lowest BCUT2D eigenvalue weighted by Crippen LogP contribution is -2.14. The van der Waals surface area contributed by atoms with Crippen molar-refractivity contribution in [3.63, 3.8) is 0 Å². The summed E-state index contributed by atoms with van der Waals surface area (Å²) in [6.07, 6.45) is 0. The van der Waals surface area contributed by atoms with Crippen molar-refractivity contribution < 1.29 is 4.79 Å². The number of para-hydroxylation sites is 1. The van der Waals surface area contributed by atoms with E-state index >= 15 is 0 Å². The van der Waals surface area contributed by atoms with E-state index < -0.39 is 0 Å². The lowest BCUT2D eigenvalue weighted by atomic mass is 10.1. The Morgan fingerprint density at radius 1 is 1.11 bits per heavy atom. The Bertz CT molecular complexity index is 552. The van der Waals surface area contributed by atoms with Gasteiger partial charge in [-0.2, -0.15) is 0 Å². The summed E-state index contributed by atoms with van der Waals surface area (Å²) >= 11 is 2.21. The van der Waals surface area contributed by atoms with Gasteiger partial charge in [-0.1, -0.05) is 18.2 Å². The summed E-state index contributed by atoms with van der Waals surface area (Å²) < 4.78 is 1.10. The fourth-order valence-corrected chi connectivity index (χ4v) is 1.98. The summed E-state index contributed by atoms with van der Waals surface area (Å²) in [5.74, 6) is -0.118. The number of carbonyl (C=O) groups excluding carboxylic acids is 1. The monoisotopic (exact) mass is 352 g/mol. The molecule has 0 aliphatic rings. The van der Waals surface area contributed by atoms with Gasteiger partial charge in [-0.05, 0) is 58.5 Å². The van der Waals surface area contributed by atoms with Crippen molar-refractivity contribution in [1.82, 2.24) is 0 Å². The molecular formula is C14H13IN2O. The summed E-state index contributed by atoms with van der Waals surface area (Å²) in [6, 6.07) is 15.0. The van der Waals surface area contributed by atoms with E-state index in [1.54, 1.807) is 0 Å². The van der Waals surface area contributed by atoms with Crippen molar-refractivity contribution in [2.24, 2.45) is 5.73 Å². The number of halogens is 1. The number of benzene rings is 2. The molecule has 0 heterocycles. The molecule has 0 spiro atoms. The lowest BCUT2D eigenvalue weighted by Gasteiger charge is -2.09. The van der Waals surface area contributed by atoms with E-state index in [0.29, 0.717) is 12.1 Å². The molecule has 0 aromatic heterocycles. The van der Waals surface area contributed by atoms with Crippen LogP contribution >= 0.6 is 22.6 Å².